The largest absolute Gasteiger partial charge is 0.318 e. The summed E-state index contributed by atoms with van der Waals surface area (Å²) in [6.07, 6.45) is 4.17. The summed E-state index contributed by atoms with van der Waals surface area (Å²) in [4.78, 5) is 26.8. The minimum Gasteiger partial charge on any atom is -0.318 e. The van der Waals surface area contributed by atoms with E-state index in [0.29, 0.717) is 5.56 Å². The first kappa shape index (κ1) is 13.1. The smallest absolute Gasteiger partial charge is 0.213 e. The summed E-state index contributed by atoms with van der Waals surface area (Å²) >= 11 is 1.62. The summed E-state index contributed by atoms with van der Waals surface area (Å²) in [6, 6.07) is 9.19. The van der Waals surface area contributed by atoms with Crippen LogP contribution in [0.2, 0.25) is 0 Å². The fourth-order valence-corrected chi connectivity index (χ4v) is 3.71. The number of fused-ring (bicyclic) bond motifs is 1. The monoisotopic (exact) mass is 285 g/mol. The number of thiophene rings is 1. The van der Waals surface area contributed by atoms with Gasteiger partial charge in [0.15, 0.2) is 0 Å². The van der Waals surface area contributed by atoms with Gasteiger partial charge < -0.3 is 4.90 Å². The average Bonchev–Trinajstić information content (AvgIpc) is 3.07. The molecule has 1 amide bonds. The molecule has 4 heteroatoms. The zero-order valence-corrected chi connectivity index (χ0v) is 12.1. The molecule has 2 aromatic rings. The molecule has 0 fully saturated rings. The van der Waals surface area contributed by atoms with E-state index in [2.05, 4.69) is 0 Å². The van der Waals surface area contributed by atoms with Crippen molar-refractivity contribution in [3.63, 3.8) is 0 Å². The first-order valence-corrected chi connectivity index (χ1v) is 7.45. The second-order valence-corrected chi connectivity index (χ2v) is 6.14. The van der Waals surface area contributed by atoms with Crippen LogP contribution in [0.4, 0.5) is 5.69 Å². The normalized spacial score (nSPS) is 13.1. The van der Waals surface area contributed by atoms with Gasteiger partial charge >= 0.3 is 0 Å². The van der Waals surface area contributed by atoms with E-state index in [4.69, 9.17) is 0 Å². The Morgan fingerprint density at radius 1 is 1.25 bits per heavy atom. The number of ketones is 1. The Labute approximate surface area is 121 Å². The number of carbonyl (C=O) groups excluding carboxylic acids is 2. The van der Waals surface area contributed by atoms with Crippen LogP contribution >= 0.6 is 11.3 Å². The van der Waals surface area contributed by atoms with E-state index in [0.717, 1.165) is 29.8 Å². The Balaban J connectivity index is 1.84. The van der Waals surface area contributed by atoms with Crippen LogP contribution in [-0.4, -0.2) is 19.2 Å². The molecule has 0 spiro atoms. The Kier molecular flexibility index (Phi) is 3.40. The van der Waals surface area contributed by atoms with E-state index in [9.17, 15) is 9.59 Å². The molecule has 0 unspecified atom stereocenters. The fraction of sp³-hybridized carbons (Fsp3) is 0.250. The van der Waals surface area contributed by atoms with Gasteiger partial charge in [0.25, 0.3) is 0 Å². The Hall–Kier alpha value is -1.94. The predicted molar refractivity (Wildman–Crippen MR) is 80.7 cm³/mol. The average molecular weight is 285 g/mol. The lowest BCUT2D eigenvalue weighted by molar-refractivity contribution is -0.107. The number of aryl methyl sites for hydroxylation is 2. The zero-order chi connectivity index (χ0) is 14.1. The molecule has 3 rings (SSSR count). The number of rotatable bonds is 4. The summed E-state index contributed by atoms with van der Waals surface area (Å²) in [6.45, 7) is 0. The number of anilines is 1. The van der Waals surface area contributed by atoms with E-state index in [1.54, 1.807) is 42.6 Å². The topological polar surface area (TPSA) is 37.4 Å². The molecule has 3 nitrogen and oxygen atoms in total. The fourth-order valence-electron chi connectivity index (χ4n) is 2.49. The maximum atomic E-state index is 12.4. The molecule has 1 aliphatic rings. The Morgan fingerprint density at radius 3 is 2.65 bits per heavy atom. The van der Waals surface area contributed by atoms with Gasteiger partial charge in [-0.25, -0.2) is 0 Å². The molecule has 0 N–H and O–H groups in total. The molecule has 102 valence electrons. The molecule has 1 aromatic heterocycles. The Bertz CT molecular complexity index is 636. The molecule has 0 saturated heterocycles. The van der Waals surface area contributed by atoms with Crippen molar-refractivity contribution in [2.75, 3.05) is 11.9 Å². The van der Waals surface area contributed by atoms with Crippen LogP contribution < -0.4 is 4.90 Å². The van der Waals surface area contributed by atoms with Crippen molar-refractivity contribution in [1.82, 2.24) is 0 Å². The highest BCUT2D eigenvalue weighted by atomic mass is 32.1. The van der Waals surface area contributed by atoms with Crippen molar-refractivity contribution in [2.45, 2.75) is 19.3 Å². The quantitative estimate of drug-likeness (QED) is 0.639. The molecular formula is C16H15NO2S. The summed E-state index contributed by atoms with van der Waals surface area (Å²) in [5.41, 5.74) is 2.80. The van der Waals surface area contributed by atoms with E-state index in [1.165, 1.54) is 21.8 Å². The standard InChI is InChI=1S/C16H15NO2S/c1-17(10-18)13-7-5-11(6-8-13)16(19)15-9-12-3-2-4-14(12)20-15/h5-10H,2-4H2,1H3. The molecule has 0 bridgehead atoms. The van der Waals surface area contributed by atoms with Crippen LogP contribution in [-0.2, 0) is 17.6 Å². The second-order valence-electron chi connectivity index (χ2n) is 5.00. The lowest BCUT2D eigenvalue weighted by Crippen LogP contribution is -2.13. The van der Waals surface area contributed by atoms with E-state index in [1.807, 2.05) is 6.07 Å². The minimum absolute atomic E-state index is 0.0738. The van der Waals surface area contributed by atoms with Crippen LogP contribution in [0.15, 0.2) is 30.3 Å². The Morgan fingerprint density at radius 2 is 2.00 bits per heavy atom. The number of benzene rings is 1. The lowest BCUT2D eigenvalue weighted by Gasteiger charge is -2.10. The minimum atomic E-state index is 0.0738. The highest BCUT2D eigenvalue weighted by Crippen LogP contribution is 2.31. The van der Waals surface area contributed by atoms with Crippen molar-refractivity contribution in [3.8, 4) is 0 Å². The van der Waals surface area contributed by atoms with Gasteiger partial charge in [0.1, 0.15) is 0 Å². The van der Waals surface area contributed by atoms with Crippen molar-refractivity contribution in [3.05, 3.63) is 51.2 Å². The van der Waals surface area contributed by atoms with Gasteiger partial charge in [0.05, 0.1) is 4.88 Å². The summed E-state index contributed by atoms with van der Waals surface area (Å²) in [5, 5.41) is 0. The summed E-state index contributed by atoms with van der Waals surface area (Å²) in [7, 11) is 1.69. The molecule has 20 heavy (non-hydrogen) atoms. The number of hydrogen-bond acceptors (Lipinski definition) is 3. The predicted octanol–water partition coefficient (Wildman–Crippen LogP) is 3.06. The van der Waals surface area contributed by atoms with Gasteiger partial charge in [-0.2, -0.15) is 0 Å². The molecule has 1 heterocycles. The third-order valence-electron chi connectivity index (χ3n) is 3.67. The van der Waals surface area contributed by atoms with Crippen LogP contribution in [0.25, 0.3) is 0 Å². The van der Waals surface area contributed by atoms with Crippen LogP contribution in [0, 0.1) is 0 Å². The van der Waals surface area contributed by atoms with E-state index in [-0.39, 0.29) is 5.78 Å². The van der Waals surface area contributed by atoms with Crippen LogP contribution in [0.1, 0.15) is 32.1 Å². The first-order valence-electron chi connectivity index (χ1n) is 6.63. The van der Waals surface area contributed by atoms with E-state index < -0.39 is 0 Å². The van der Waals surface area contributed by atoms with Crippen molar-refractivity contribution in [1.29, 1.82) is 0 Å². The third-order valence-corrected chi connectivity index (χ3v) is 4.90. The summed E-state index contributed by atoms with van der Waals surface area (Å²) in [5.74, 6) is 0.0738. The van der Waals surface area contributed by atoms with Crippen LogP contribution in [0.3, 0.4) is 0 Å². The maximum Gasteiger partial charge on any atom is 0.213 e. The van der Waals surface area contributed by atoms with Gasteiger partial charge in [-0.3, -0.25) is 9.59 Å². The molecule has 1 aromatic carbocycles. The van der Waals surface area contributed by atoms with Gasteiger partial charge in [0, 0.05) is 23.2 Å². The number of hydrogen-bond donors (Lipinski definition) is 0. The van der Waals surface area contributed by atoms with Gasteiger partial charge in [0.2, 0.25) is 12.2 Å². The lowest BCUT2D eigenvalue weighted by atomic mass is 10.1. The molecule has 0 aliphatic heterocycles. The first-order chi connectivity index (χ1) is 9.69. The number of carbonyl (C=O) groups is 2. The van der Waals surface area contributed by atoms with Gasteiger partial charge in [-0.1, -0.05) is 0 Å². The zero-order valence-electron chi connectivity index (χ0n) is 11.3. The third kappa shape index (κ3) is 2.27. The summed E-state index contributed by atoms with van der Waals surface area (Å²) < 4.78 is 0. The second kappa shape index (κ2) is 5.21. The van der Waals surface area contributed by atoms with Crippen LogP contribution in [0.5, 0.6) is 0 Å². The van der Waals surface area contributed by atoms with E-state index >= 15 is 0 Å². The van der Waals surface area contributed by atoms with Gasteiger partial charge in [-0.05, 0) is 55.2 Å². The molecule has 0 radical (unpaired) electrons. The number of amides is 1. The highest BCUT2D eigenvalue weighted by Gasteiger charge is 2.19. The highest BCUT2D eigenvalue weighted by molar-refractivity contribution is 7.14. The van der Waals surface area contributed by atoms with Crippen molar-refractivity contribution >= 4 is 29.2 Å². The number of nitrogens with zero attached hydrogens (tertiary/aromatic N) is 1. The van der Waals surface area contributed by atoms with Crippen molar-refractivity contribution in [2.24, 2.45) is 0 Å². The molecule has 1 aliphatic carbocycles. The van der Waals surface area contributed by atoms with Gasteiger partial charge in [-0.15, -0.1) is 11.3 Å². The molecular weight excluding hydrogens is 270 g/mol. The SMILES string of the molecule is CN(C=O)c1ccc(C(=O)c2cc3c(s2)CCC3)cc1. The molecule has 0 atom stereocenters. The maximum absolute atomic E-state index is 12.4. The van der Waals surface area contributed by atoms with Crippen molar-refractivity contribution < 1.29 is 9.59 Å². The molecule has 0 saturated carbocycles.